The lowest BCUT2D eigenvalue weighted by Crippen LogP contribution is -2.51. The van der Waals surface area contributed by atoms with Gasteiger partial charge in [-0.3, -0.25) is 10.2 Å². The third kappa shape index (κ3) is 5.71. The molecule has 0 aromatic heterocycles. The van der Waals surface area contributed by atoms with Crippen LogP contribution in [-0.2, 0) is 16.0 Å². The van der Waals surface area contributed by atoms with E-state index < -0.39 is 23.6 Å². The first kappa shape index (κ1) is 16.0. The standard InChI is InChI=1S/C14H21N3O3/c1-14(2,3)20-13(19)16-11(12(18)17-15)9-10-7-5-4-6-8-10/h4-8,11H,9,15H2,1-3H3,(H,16,19)(H,17,18)/t11-/m1/s1. The number of alkyl carbamates (subject to hydrolysis) is 1. The maximum atomic E-state index is 11.7. The first-order chi connectivity index (χ1) is 9.31. The van der Waals surface area contributed by atoms with Crippen LogP contribution in [0.3, 0.4) is 0 Å². The third-order valence-electron chi connectivity index (χ3n) is 2.43. The molecule has 0 aliphatic heterocycles. The number of ether oxygens (including phenoxy) is 1. The van der Waals surface area contributed by atoms with Crippen LogP contribution >= 0.6 is 0 Å². The second-order valence-corrected chi connectivity index (χ2v) is 5.40. The van der Waals surface area contributed by atoms with Crippen molar-refractivity contribution in [2.75, 3.05) is 0 Å². The van der Waals surface area contributed by atoms with E-state index in [0.717, 1.165) is 5.56 Å². The third-order valence-corrected chi connectivity index (χ3v) is 2.43. The Labute approximate surface area is 118 Å². The summed E-state index contributed by atoms with van der Waals surface area (Å²) >= 11 is 0. The lowest BCUT2D eigenvalue weighted by atomic mass is 10.1. The van der Waals surface area contributed by atoms with Crippen LogP contribution in [0.15, 0.2) is 30.3 Å². The highest BCUT2D eigenvalue weighted by molar-refractivity contribution is 5.85. The number of hydrogen-bond donors (Lipinski definition) is 3. The smallest absolute Gasteiger partial charge is 0.408 e. The van der Waals surface area contributed by atoms with Gasteiger partial charge in [-0.25, -0.2) is 10.6 Å². The van der Waals surface area contributed by atoms with Crippen LogP contribution < -0.4 is 16.6 Å². The molecule has 0 saturated carbocycles. The van der Waals surface area contributed by atoms with Gasteiger partial charge in [0, 0.05) is 6.42 Å². The fourth-order valence-corrected chi connectivity index (χ4v) is 1.61. The Bertz CT molecular complexity index is 454. The largest absolute Gasteiger partial charge is 0.444 e. The average molecular weight is 279 g/mol. The molecule has 0 bridgehead atoms. The summed E-state index contributed by atoms with van der Waals surface area (Å²) in [4.78, 5) is 23.4. The van der Waals surface area contributed by atoms with Crippen molar-refractivity contribution in [3.05, 3.63) is 35.9 Å². The quantitative estimate of drug-likeness (QED) is 0.437. The molecular weight excluding hydrogens is 258 g/mol. The Kier molecular flexibility index (Phi) is 5.52. The van der Waals surface area contributed by atoms with Crippen molar-refractivity contribution >= 4 is 12.0 Å². The number of hydrazine groups is 1. The minimum atomic E-state index is -0.780. The van der Waals surface area contributed by atoms with Crippen LogP contribution in [0.5, 0.6) is 0 Å². The summed E-state index contributed by atoms with van der Waals surface area (Å²) in [6.07, 6.45) is -0.314. The van der Waals surface area contributed by atoms with E-state index >= 15 is 0 Å². The van der Waals surface area contributed by atoms with Gasteiger partial charge in [0.25, 0.3) is 5.91 Å². The Morgan fingerprint density at radius 2 is 1.85 bits per heavy atom. The van der Waals surface area contributed by atoms with Gasteiger partial charge in [0.05, 0.1) is 0 Å². The highest BCUT2D eigenvalue weighted by Gasteiger charge is 2.24. The molecule has 1 atom stereocenters. The Hall–Kier alpha value is -2.08. The summed E-state index contributed by atoms with van der Waals surface area (Å²) in [5.74, 6) is 4.67. The molecule has 0 saturated heterocycles. The summed E-state index contributed by atoms with van der Waals surface area (Å²) in [7, 11) is 0. The van der Waals surface area contributed by atoms with Crippen molar-refractivity contribution in [3.63, 3.8) is 0 Å². The predicted octanol–water partition coefficient (Wildman–Crippen LogP) is 1.11. The van der Waals surface area contributed by atoms with E-state index in [1.165, 1.54) is 0 Å². The van der Waals surface area contributed by atoms with Crippen LogP contribution in [0.25, 0.3) is 0 Å². The molecule has 0 spiro atoms. The van der Waals surface area contributed by atoms with Gasteiger partial charge in [-0.05, 0) is 26.3 Å². The molecule has 1 rings (SSSR count). The SMILES string of the molecule is CC(C)(C)OC(=O)N[C@H](Cc1ccccc1)C(=O)NN. The number of rotatable bonds is 4. The van der Waals surface area contributed by atoms with Gasteiger partial charge < -0.3 is 10.1 Å². The molecule has 4 N–H and O–H groups in total. The number of carbonyl (C=O) groups excluding carboxylic acids is 2. The number of amides is 2. The van der Waals surface area contributed by atoms with Gasteiger partial charge in [-0.2, -0.15) is 0 Å². The zero-order chi connectivity index (χ0) is 15.2. The van der Waals surface area contributed by atoms with Crippen molar-refractivity contribution in [2.45, 2.75) is 38.8 Å². The van der Waals surface area contributed by atoms with Crippen LogP contribution in [0, 0.1) is 0 Å². The minimum absolute atomic E-state index is 0.336. The van der Waals surface area contributed by atoms with E-state index in [-0.39, 0.29) is 0 Å². The lowest BCUT2D eigenvalue weighted by molar-refractivity contribution is -0.123. The fraction of sp³-hybridized carbons (Fsp3) is 0.429. The van der Waals surface area contributed by atoms with Crippen molar-refractivity contribution in [1.82, 2.24) is 10.7 Å². The molecule has 0 aliphatic rings. The summed E-state index contributed by atoms with van der Waals surface area (Å²) in [6.45, 7) is 5.26. The monoisotopic (exact) mass is 279 g/mol. The number of benzene rings is 1. The highest BCUT2D eigenvalue weighted by Crippen LogP contribution is 2.08. The van der Waals surface area contributed by atoms with Crippen molar-refractivity contribution in [1.29, 1.82) is 0 Å². The summed E-state index contributed by atoms with van der Waals surface area (Å²) < 4.78 is 5.13. The normalized spacial score (nSPS) is 12.4. The number of nitrogens with one attached hydrogen (secondary N) is 2. The molecule has 2 amide bonds. The van der Waals surface area contributed by atoms with E-state index in [1.54, 1.807) is 20.8 Å². The van der Waals surface area contributed by atoms with Gasteiger partial charge in [0.1, 0.15) is 11.6 Å². The maximum Gasteiger partial charge on any atom is 0.408 e. The van der Waals surface area contributed by atoms with Crippen LogP contribution in [0.1, 0.15) is 26.3 Å². The summed E-state index contributed by atoms with van der Waals surface area (Å²) in [5.41, 5.74) is 2.33. The number of nitrogens with two attached hydrogens (primary N) is 1. The summed E-state index contributed by atoms with van der Waals surface area (Å²) in [5, 5.41) is 2.52. The molecule has 6 heteroatoms. The molecule has 0 radical (unpaired) electrons. The lowest BCUT2D eigenvalue weighted by Gasteiger charge is -2.23. The molecular formula is C14H21N3O3. The minimum Gasteiger partial charge on any atom is -0.444 e. The van der Waals surface area contributed by atoms with Crippen molar-refractivity contribution in [2.24, 2.45) is 5.84 Å². The van der Waals surface area contributed by atoms with Gasteiger partial charge in [0.15, 0.2) is 0 Å². The molecule has 0 fully saturated rings. The zero-order valence-corrected chi connectivity index (χ0v) is 12.0. The van der Waals surface area contributed by atoms with E-state index in [2.05, 4.69) is 5.32 Å². The second-order valence-electron chi connectivity index (χ2n) is 5.40. The first-order valence-corrected chi connectivity index (χ1v) is 6.36. The van der Waals surface area contributed by atoms with Crippen LogP contribution in [0.4, 0.5) is 4.79 Å². The fourth-order valence-electron chi connectivity index (χ4n) is 1.61. The van der Waals surface area contributed by atoms with E-state index in [1.807, 2.05) is 35.8 Å². The van der Waals surface area contributed by atoms with E-state index in [9.17, 15) is 9.59 Å². The molecule has 1 aromatic rings. The maximum absolute atomic E-state index is 11.7. The molecule has 0 heterocycles. The zero-order valence-electron chi connectivity index (χ0n) is 12.0. The Morgan fingerprint density at radius 1 is 1.25 bits per heavy atom. The van der Waals surface area contributed by atoms with E-state index in [4.69, 9.17) is 10.6 Å². The highest BCUT2D eigenvalue weighted by atomic mass is 16.6. The molecule has 0 aliphatic carbocycles. The Balaban J connectivity index is 2.70. The van der Waals surface area contributed by atoms with Gasteiger partial charge in [0.2, 0.25) is 0 Å². The molecule has 20 heavy (non-hydrogen) atoms. The second kappa shape index (κ2) is 6.91. The molecule has 1 aromatic carbocycles. The summed E-state index contributed by atoms with van der Waals surface area (Å²) in [6, 6.07) is 8.56. The van der Waals surface area contributed by atoms with Crippen LogP contribution in [0.2, 0.25) is 0 Å². The average Bonchev–Trinajstić information content (AvgIpc) is 2.36. The van der Waals surface area contributed by atoms with E-state index in [0.29, 0.717) is 6.42 Å². The number of carbonyl (C=O) groups is 2. The molecule has 6 nitrogen and oxygen atoms in total. The predicted molar refractivity (Wildman–Crippen MR) is 75.6 cm³/mol. The Morgan fingerprint density at radius 3 is 2.35 bits per heavy atom. The van der Waals surface area contributed by atoms with Gasteiger partial charge >= 0.3 is 6.09 Å². The van der Waals surface area contributed by atoms with Gasteiger partial charge in [-0.1, -0.05) is 30.3 Å². The van der Waals surface area contributed by atoms with Crippen LogP contribution in [-0.4, -0.2) is 23.6 Å². The first-order valence-electron chi connectivity index (χ1n) is 6.36. The molecule has 110 valence electrons. The molecule has 0 unspecified atom stereocenters. The van der Waals surface area contributed by atoms with Gasteiger partial charge in [-0.15, -0.1) is 0 Å². The number of hydrogen-bond acceptors (Lipinski definition) is 4. The topological polar surface area (TPSA) is 93.4 Å². The van der Waals surface area contributed by atoms with Crippen molar-refractivity contribution in [3.8, 4) is 0 Å². The van der Waals surface area contributed by atoms with Crippen molar-refractivity contribution < 1.29 is 14.3 Å².